The maximum atomic E-state index is 13.1. The maximum absolute atomic E-state index is 13.1. The number of Topliss-reactive ketones (excluding diaryl/α,β-unsaturated/α-hetero) is 2. The molecule has 0 saturated heterocycles. The van der Waals surface area contributed by atoms with Crippen molar-refractivity contribution >= 4 is 11.6 Å². The van der Waals surface area contributed by atoms with Gasteiger partial charge < -0.3 is 0 Å². The lowest BCUT2D eigenvalue weighted by atomic mass is 9.77. The quantitative estimate of drug-likeness (QED) is 0.0646. The standard InChI is InChI=1S/C56H84O2/c1-42(2)22-14-23-43(3)24-15-25-44(4)26-16-27-45(5)28-17-29-46(6)30-18-31-47(7)32-19-33-48(8)34-20-35-49(9)36-21-37-50(10)40-41-52-51(11)55(57)53-38-12-13-39-54(53)56(52)58/h22,24,26,28,30,32,34,36,40H,12-21,23,25,27,29,31,33,35,37-39,41H2,1-11H3/b43-24+,44-26+,45-28+,46-30+,47-32+,48-34+,49-36+,50-40+. The number of allylic oxidation sites excluding steroid dienone is 22. The van der Waals surface area contributed by atoms with E-state index in [1.807, 2.05) is 6.92 Å². The van der Waals surface area contributed by atoms with Gasteiger partial charge in [0.25, 0.3) is 0 Å². The first-order chi connectivity index (χ1) is 27.7. The highest BCUT2D eigenvalue weighted by molar-refractivity contribution is 6.25. The Balaban J connectivity index is 1.60. The summed E-state index contributed by atoms with van der Waals surface area (Å²) in [7, 11) is 0. The average molecular weight is 789 g/mol. The van der Waals surface area contributed by atoms with Crippen LogP contribution in [0.4, 0.5) is 0 Å². The number of hydrogen-bond acceptors (Lipinski definition) is 2. The van der Waals surface area contributed by atoms with Crippen LogP contribution in [-0.4, -0.2) is 11.6 Å². The molecule has 0 spiro atoms. The summed E-state index contributed by atoms with van der Waals surface area (Å²) < 4.78 is 0. The van der Waals surface area contributed by atoms with E-state index in [0.29, 0.717) is 12.0 Å². The Hall–Kier alpha value is -3.52. The van der Waals surface area contributed by atoms with Crippen molar-refractivity contribution in [3.8, 4) is 0 Å². The van der Waals surface area contributed by atoms with Crippen LogP contribution in [-0.2, 0) is 9.59 Å². The summed E-state index contributed by atoms with van der Waals surface area (Å²) in [5.74, 6) is 0.244. The molecule has 0 aliphatic heterocycles. The van der Waals surface area contributed by atoms with Gasteiger partial charge in [-0.05, 0) is 211 Å². The molecule has 58 heavy (non-hydrogen) atoms. The number of carbonyl (C=O) groups is 2. The monoisotopic (exact) mass is 789 g/mol. The van der Waals surface area contributed by atoms with Crippen LogP contribution >= 0.6 is 0 Å². The van der Waals surface area contributed by atoms with Crippen LogP contribution < -0.4 is 0 Å². The van der Waals surface area contributed by atoms with Gasteiger partial charge in [-0.15, -0.1) is 0 Å². The molecule has 0 N–H and O–H groups in total. The SMILES string of the molecule is CC(C)=CCC/C(C)=C/CC/C(C)=C/CC/C(C)=C/CC/C(C)=C/CC/C(C)=C/CC/C(C)=C/CC/C(C)=C/CC/C(C)=C/CC1=C(C)C(=O)C2=C(CCCC2)C1=O. The first-order valence-electron chi connectivity index (χ1n) is 23.1. The third-order valence-corrected chi connectivity index (χ3v) is 12.0. The van der Waals surface area contributed by atoms with Crippen LogP contribution in [0, 0.1) is 0 Å². The minimum absolute atomic E-state index is 0.115. The smallest absolute Gasteiger partial charge is 0.186 e. The van der Waals surface area contributed by atoms with Gasteiger partial charge in [-0.1, -0.05) is 105 Å². The molecular formula is C56H84O2. The highest BCUT2D eigenvalue weighted by atomic mass is 16.1. The summed E-state index contributed by atoms with van der Waals surface area (Å²) >= 11 is 0. The Morgan fingerprint density at radius 2 is 0.638 bits per heavy atom. The van der Waals surface area contributed by atoms with Crippen LogP contribution in [0.15, 0.2) is 127 Å². The maximum Gasteiger partial charge on any atom is 0.186 e. The van der Waals surface area contributed by atoms with Crippen molar-refractivity contribution in [2.24, 2.45) is 0 Å². The van der Waals surface area contributed by atoms with E-state index in [4.69, 9.17) is 0 Å². The van der Waals surface area contributed by atoms with Crippen LogP contribution in [0.1, 0.15) is 211 Å². The second-order valence-corrected chi connectivity index (χ2v) is 18.1. The normalized spacial score (nSPS) is 17.2. The lowest BCUT2D eigenvalue weighted by molar-refractivity contribution is -0.117. The van der Waals surface area contributed by atoms with Crippen molar-refractivity contribution in [3.63, 3.8) is 0 Å². The van der Waals surface area contributed by atoms with Crippen molar-refractivity contribution < 1.29 is 9.59 Å². The molecule has 2 rings (SSSR count). The van der Waals surface area contributed by atoms with Crippen molar-refractivity contribution in [1.29, 1.82) is 0 Å². The molecule has 0 radical (unpaired) electrons. The van der Waals surface area contributed by atoms with Gasteiger partial charge >= 0.3 is 0 Å². The topological polar surface area (TPSA) is 34.1 Å². The largest absolute Gasteiger partial charge is 0.289 e. The molecule has 320 valence electrons. The Morgan fingerprint density at radius 3 is 0.931 bits per heavy atom. The predicted molar refractivity (Wildman–Crippen MR) is 256 cm³/mol. The number of hydrogen-bond donors (Lipinski definition) is 0. The van der Waals surface area contributed by atoms with E-state index in [1.165, 1.54) is 69.4 Å². The van der Waals surface area contributed by atoms with E-state index >= 15 is 0 Å². The molecule has 0 aromatic carbocycles. The average Bonchev–Trinajstić information content (AvgIpc) is 3.17. The first kappa shape index (κ1) is 50.6. The van der Waals surface area contributed by atoms with Crippen molar-refractivity contribution in [3.05, 3.63) is 127 Å². The van der Waals surface area contributed by atoms with E-state index < -0.39 is 0 Å². The van der Waals surface area contributed by atoms with E-state index in [0.717, 1.165) is 126 Å². The summed E-state index contributed by atoms with van der Waals surface area (Å²) in [4.78, 5) is 26.0. The summed E-state index contributed by atoms with van der Waals surface area (Å²) in [6.07, 6.45) is 43.7. The molecule has 2 aliphatic rings. The van der Waals surface area contributed by atoms with Gasteiger partial charge in [-0.3, -0.25) is 9.59 Å². The molecule has 2 heteroatoms. The van der Waals surface area contributed by atoms with Crippen molar-refractivity contribution in [2.45, 2.75) is 211 Å². The second-order valence-electron chi connectivity index (χ2n) is 18.1. The van der Waals surface area contributed by atoms with Crippen LogP contribution in [0.5, 0.6) is 0 Å². The Labute approximate surface area is 358 Å². The van der Waals surface area contributed by atoms with Gasteiger partial charge in [0.1, 0.15) is 0 Å². The van der Waals surface area contributed by atoms with Gasteiger partial charge in [0, 0.05) is 22.3 Å². The third kappa shape index (κ3) is 21.5. The van der Waals surface area contributed by atoms with E-state index in [-0.39, 0.29) is 11.6 Å². The fourth-order valence-corrected chi connectivity index (χ4v) is 7.87. The van der Waals surface area contributed by atoms with Crippen LogP contribution in [0.25, 0.3) is 0 Å². The zero-order chi connectivity index (χ0) is 42.9. The van der Waals surface area contributed by atoms with Crippen LogP contribution in [0.2, 0.25) is 0 Å². The molecule has 2 nitrogen and oxygen atoms in total. The minimum atomic E-state index is 0.115. The molecular weight excluding hydrogens is 705 g/mol. The number of rotatable bonds is 26. The van der Waals surface area contributed by atoms with E-state index in [1.54, 1.807) is 0 Å². The fraction of sp³-hybridized carbons (Fsp3) is 0.571. The predicted octanol–water partition coefficient (Wildman–Crippen LogP) is 17.5. The lowest BCUT2D eigenvalue weighted by Gasteiger charge is -2.25. The summed E-state index contributed by atoms with van der Waals surface area (Å²) in [6, 6.07) is 0. The van der Waals surface area contributed by atoms with E-state index in [9.17, 15) is 9.59 Å². The van der Waals surface area contributed by atoms with Gasteiger partial charge in [-0.2, -0.15) is 0 Å². The molecule has 0 aromatic rings. The van der Waals surface area contributed by atoms with Gasteiger partial charge in [0.2, 0.25) is 0 Å². The fourth-order valence-electron chi connectivity index (χ4n) is 7.87. The van der Waals surface area contributed by atoms with E-state index in [2.05, 4.69) is 124 Å². The summed E-state index contributed by atoms with van der Waals surface area (Å²) in [5, 5.41) is 0. The molecule has 0 bridgehead atoms. The Kier molecular flexibility index (Phi) is 25.2. The first-order valence-corrected chi connectivity index (χ1v) is 23.1. The highest BCUT2D eigenvalue weighted by Crippen LogP contribution is 2.35. The third-order valence-electron chi connectivity index (χ3n) is 12.0. The molecule has 0 amide bonds. The second kappa shape index (κ2) is 28.8. The molecule has 0 atom stereocenters. The molecule has 2 aliphatic carbocycles. The number of carbonyl (C=O) groups excluding carboxylic acids is 2. The highest BCUT2D eigenvalue weighted by Gasteiger charge is 2.32. The molecule has 0 saturated carbocycles. The molecule has 0 heterocycles. The van der Waals surface area contributed by atoms with Crippen LogP contribution in [0.3, 0.4) is 0 Å². The Morgan fingerprint density at radius 1 is 0.379 bits per heavy atom. The van der Waals surface area contributed by atoms with Crippen molar-refractivity contribution in [1.82, 2.24) is 0 Å². The zero-order valence-corrected chi connectivity index (χ0v) is 39.4. The molecule has 0 fully saturated rings. The van der Waals surface area contributed by atoms with Gasteiger partial charge in [0.15, 0.2) is 11.6 Å². The van der Waals surface area contributed by atoms with Gasteiger partial charge in [0.05, 0.1) is 0 Å². The Bertz CT molecular complexity index is 1710. The summed E-state index contributed by atoms with van der Waals surface area (Å²) in [5.41, 5.74) is 16.2. The summed E-state index contributed by atoms with van der Waals surface area (Å²) in [6.45, 7) is 24.3. The zero-order valence-electron chi connectivity index (χ0n) is 39.4. The molecule has 0 aromatic heterocycles. The number of ketones is 2. The molecule has 0 unspecified atom stereocenters. The lowest BCUT2D eigenvalue weighted by Crippen LogP contribution is -2.25. The minimum Gasteiger partial charge on any atom is -0.289 e. The van der Waals surface area contributed by atoms with Gasteiger partial charge in [-0.25, -0.2) is 0 Å². The van der Waals surface area contributed by atoms with Crippen molar-refractivity contribution in [2.75, 3.05) is 0 Å².